The molecule has 0 aliphatic heterocycles. The fourth-order valence-corrected chi connectivity index (χ4v) is 1.46. The molecule has 2 aromatic heterocycles. The lowest BCUT2D eigenvalue weighted by atomic mass is 10.4. The largest absolute Gasteiger partial charge is 0.387 e. The molecule has 0 atom stereocenters. The maximum atomic E-state index is 4.42. The first-order valence-electron chi connectivity index (χ1n) is 4.29. The van der Waals surface area contributed by atoms with Crippen molar-refractivity contribution >= 4 is 5.78 Å². The van der Waals surface area contributed by atoms with Crippen molar-refractivity contribution in [2.24, 2.45) is 7.05 Å². The lowest BCUT2D eigenvalue weighted by Gasteiger charge is -1.91. The summed E-state index contributed by atoms with van der Waals surface area (Å²) in [4.78, 5) is 4.42. The molecule has 2 aromatic rings. The lowest BCUT2D eigenvalue weighted by molar-refractivity contribution is -0.654. The van der Waals surface area contributed by atoms with Gasteiger partial charge in [0, 0.05) is 13.0 Å². The minimum Gasteiger partial charge on any atom is -0.224 e. The van der Waals surface area contributed by atoms with E-state index in [4.69, 9.17) is 0 Å². The van der Waals surface area contributed by atoms with Gasteiger partial charge >= 0.3 is 5.78 Å². The summed E-state index contributed by atoms with van der Waals surface area (Å²) in [7, 11) is 1.98. The Hall–Kier alpha value is -1.45. The molecule has 0 radical (unpaired) electrons. The van der Waals surface area contributed by atoms with Crippen LogP contribution < -0.4 is 4.57 Å². The summed E-state index contributed by atoms with van der Waals surface area (Å²) >= 11 is 0. The zero-order valence-corrected chi connectivity index (χ0v) is 8.37. The van der Waals surface area contributed by atoms with E-state index in [1.165, 1.54) is 0 Å². The number of hydrogen-bond acceptors (Lipinski definition) is 2. The van der Waals surface area contributed by atoms with Crippen molar-refractivity contribution in [2.75, 3.05) is 0 Å². The molecular weight excluding hydrogens is 164 g/mol. The summed E-state index contributed by atoms with van der Waals surface area (Å²) < 4.78 is 3.85. The lowest BCUT2D eigenvalue weighted by Crippen LogP contribution is -2.31. The number of aromatic nitrogens is 4. The van der Waals surface area contributed by atoms with Gasteiger partial charge in [-0.1, -0.05) is 4.52 Å². The molecule has 0 saturated heterocycles. The smallest absolute Gasteiger partial charge is 0.224 e. The monoisotopic (exact) mass is 177 g/mol. The Morgan fingerprint density at radius 1 is 1.31 bits per heavy atom. The number of rotatable bonds is 0. The Balaban J connectivity index is 2.94. The van der Waals surface area contributed by atoms with Crippen LogP contribution in [-0.4, -0.2) is 14.6 Å². The van der Waals surface area contributed by atoms with E-state index in [1.807, 2.05) is 43.0 Å². The minimum absolute atomic E-state index is 0.898. The highest BCUT2D eigenvalue weighted by atomic mass is 15.4. The molecule has 0 aliphatic carbocycles. The number of hydrogen-bond donors (Lipinski definition) is 0. The van der Waals surface area contributed by atoms with Crippen LogP contribution in [0.4, 0.5) is 0 Å². The van der Waals surface area contributed by atoms with Crippen molar-refractivity contribution in [1.82, 2.24) is 14.6 Å². The first kappa shape index (κ1) is 8.16. The van der Waals surface area contributed by atoms with E-state index in [9.17, 15) is 0 Å². The zero-order valence-electron chi connectivity index (χ0n) is 8.37. The van der Waals surface area contributed by atoms with Crippen LogP contribution in [0, 0.1) is 20.8 Å². The molecule has 2 heterocycles. The summed E-state index contributed by atoms with van der Waals surface area (Å²) in [6.45, 7) is 6.01. The maximum absolute atomic E-state index is 4.42. The van der Waals surface area contributed by atoms with Crippen molar-refractivity contribution < 1.29 is 4.57 Å². The summed E-state index contributed by atoms with van der Waals surface area (Å²) in [6.07, 6.45) is 0. The fourth-order valence-electron chi connectivity index (χ4n) is 1.46. The van der Waals surface area contributed by atoms with E-state index in [0.29, 0.717) is 0 Å². The SMILES string of the molecule is Cc1cc(C)n2nc(C)[n+](C)c2n1. The number of nitrogens with zero attached hydrogens (tertiary/aromatic N) is 4. The normalized spacial score (nSPS) is 11.1. The second-order valence-electron chi connectivity index (χ2n) is 3.36. The summed E-state index contributed by atoms with van der Waals surface area (Å²) in [5, 5.41) is 4.37. The quantitative estimate of drug-likeness (QED) is 0.548. The molecule has 0 aliphatic rings. The van der Waals surface area contributed by atoms with Crippen LogP contribution in [0.1, 0.15) is 17.2 Å². The number of fused-ring (bicyclic) bond motifs is 1. The zero-order chi connectivity index (χ0) is 9.59. The van der Waals surface area contributed by atoms with E-state index in [2.05, 4.69) is 10.1 Å². The summed E-state index contributed by atoms with van der Waals surface area (Å²) in [5.74, 6) is 1.87. The molecule has 68 valence electrons. The van der Waals surface area contributed by atoms with Crippen LogP contribution in [0.2, 0.25) is 0 Å². The highest BCUT2D eigenvalue weighted by Gasteiger charge is 2.15. The first-order chi connectivity index (χ1) is 6.09. The minimum atomic E-state index is 0.898. The van der Waals surface area contributed by atoms with Crippen molar-refractivity contribution in [3.05, 3.63) is 23.3 Å². The van der Waals surface area contributed by atoms with Gasteiger partial charge in [-0.25, -0.2) is 4.57 Å². The van der Waals surface area contributed by atoms with Gasteiger partial charge in [-0.2, -0.15) is 0 Å². The standard InChI is InChI=1S/C9H13N4/c1-6-5-7(2)13-9(10-6)12(4)8(3)11-13/h5H,1-4H3/q+1. The van der Waals surface area contributed by atoms with Gasteiger partial charge in [-0.3, -0.25) is 0 Å². The van der Waals surface area contributed by atoms with Gasteiger partial charge in [0.25, 0.3) is 0 Å². The predicted molar refractivity (Wildman–Crippen MR) is 48.4 cm³/mol. The van der Waals surface area contributed by atoms with E-state index in [0.717, 1.165) is 23.0 Å². The third-order valence-electron chi connectivity index (χ3n) is 2.25. The predicted octanol–water partition coefficient (Wildman–Crippen LogP) is 0.479. The molecule has 0 N–H and O–H groups in total. The van der Waals surface area contributed by atoms with E-state index in [1.54, 1.807) is 0 Å². The van der Waals surface area contributed by atoms with Crippen LogP contribution in [0.3, 0.4) is 0 Å². The highest BCUT2D eigenvalue weighted by Crippen LogP contribution is 2.02. The molecule has 0 aromatic carbocycles. The molecule has 0 amide bonds. The average Bonchev–Trinajstić information content (AvgIpc) is 2.32. The molecule has 0 bridgehead atoms. The molecule has 4 nitrogen and oxygen atoms in total. The molecule has 13 heavy (non-hydrogen) atoms. The molecule has 0 spiro atoms. The van der Waals surface area contributed by atoms with Gasteiger partial charge < -0.3 is 0 Å². The molecule has 4 heteroatoms. The average molecular weight is 177 g/mol. The highest BCUT2D eigenvalue weighted by molar-refractivity contribution is 5.24. The van der Waals surface area contributed by atoms with E-state index >= 15 is 0 Å². The van der Waals surface area contributed by atoms with Crippen molar-refractivity contribution in [1.29, 1.82) is 0 Å². The van der Waals surface area contributed by atoms with Crippen molar-refractivity contribution in [3.8, 4) is 0 Å². The van der Waals surface area contributed by atoms with Gasteiger partial charge in [0.05, 0.1) is 7.05 Å². The van der Waals surface area contributed by atoms with Crippen LogP contribution in [-0.2, 0) is 7.05 Å². The van der Waals surface area contributed by atoms with Gasteiger partial charge in [0.2, 0.25) is 5.82 Å². The summed E-state index contributed by atoms with van der Waals surface area (Å²) in [5.41, 5.74) is 2.15. The second-order valence-corrected chi connectivity index (χ2v) is 3.36. The molecule has 0 unspecified atom stereocenters. The van der Waals surface area contributed by atoms with Crippen LogP contribution in [0.5, 0.6) is 0 Å². The Labute approximate surface area is 76.8 Å². The fraction of sp³-hybridized carbons (Fsp3) is 0.444. The van der Waals surface area contributed by atoms with Gasteiger partial charge in [0.1, 0.15) is 11.4 Å². The molecular formula is C9H13N4+. The first-order valence-corrected chi connectivity index (χ1v) is 4.29. The van der Waals surface area contributed by atoms with E-state index < -0.39 is 0 Å². The molecule has 0 fully saturated rings. The Morgan fingerprint density at radius 3 is 2.69 bits per heavy atom. The Kier molecular flexibility index (Phi) is 1.58. The van der Waals surface area contributed by atoms with Crippen LogP contribution in [0.15, 0.2) is 6.07 Å². The molecule has 0 saturated carbocycles. The van der Waals surface area contributed by atoms with Crippen molar-refractivity contribution in [2.45, 2.75) is 20.8 Å². The Morgan fingerprint density at radius 2 is 2.00 bits per heavy atom. The van der Waals surface area contributed by atoms with Gasteiger partial charge in [0.15, 0.2) is 0 Å². The van der Waals surface area contributed by atoms with Gasteiger partial charge in [-0.15, -0.1) is 4.98 Å². The molecule has 2 rings (SSSR count). The Bertz CT molecular complexity index is 470. The van der Waals surface area contributed by atoms with Crippen LogP contribution in [0.25, 0.3) is 5.78 Å². The van der Waals surface area contributed by atoms with Gasteiger partial charge in [-0.05, 0) is 18.9 Å². The summed E-state index contributed by atoms with van der Waals surface area (Å²) in [6, 6.07) is 2.03. The third-order valence-corrected chi connectivity index (χ3v) is 2.25. The third kappa shape index (κ3) is 1.09. The van der Waals surface area contributed by atoms with Crippen molar-refractivity contribution in [3.63, 3.8) is 0 Å². The second kappa shape index (κ2) is 2.52. The topological polar surface area (TPSA) is 34.1 Å². The maximum Gasteiger partial charge on any atom is 0.387 e. The van der Waals surface area contributed by atoms with Crippen LogP contribution >= 0.6 is 0 Å². The number of aryl methyl sites for hydroxylation is 4. The van der Waals surface area contributed by atoms with E-state index in [-0.39, 0.29) is 0 Å².